The van der Waals surface area contributed by atoms with Crippen LogP contribution < -0.4 is 10.2 Å². The zero-order valence-electron chi connectivity index (χ0n) is 14.2. The van der Waals surface area contributed by atoms with Crippen LogP contribution in [0.2, 0.25) is 0 Å². The Kier molecular flexibility index (Phi) is 5.23. The van der Waals surface area contributed by atoms with Crippen LogP contribution in [0, 0.1) is 5.92 Å². The summed E-state index contributed by atoms with van der Waals surface area (Å²) in [6.07, 6.45) is 2.95. The fraction of sp³-hybridized carbons (Fsp3) is 0.556. The van der Waals surface area contributed by atoms with Gasteiger partial charge in [-0.1, -0.05) is 6.42 Å². The van der Waals surface area contributed by atoms with Gasteiger partial charge in [0.1, 0.15) is 0 Å². The molecule has 1 heterocycles. The van der Waals surface area contributed by atoms with E-state index in [4.69, 9.17) is 4.74 Å². The number of rotatable bonds is 4. The number of piperazine rings is 1. The highest BCUT2D eigenvalue weighted by Crippen LogP contribution is 2.28. The molecule has 1 aliphatic carbocycles. The number of carbonyl (C=O) groups excluding carboxylic acids is 2. The summed E-state index contributed by atoms with van der Waals surface area (Å²) in [6.45, 7) is 5.13. The minimum absolute atomic E-state index is 0.136. The number of benzene rings is 1. The van der Waals surface area contributed by atoms with Gasteiger partial charge in [0.2, 0.25) is 5.91 Å². The normalized spacial score (nSPS) is 18.0. The molecule has 0 radical (unpaired) electrons. The van der Waals surface area contributed by atoms with Gasteiger partial charge in [0.25, 0.3) is 0 Å². The molecule has 6 nitrogen and oxygen atoms in total. The first kappa shape index (κ1) is 16.6. The molecule has 0 spiro atoms. The Hall–Kier alpha value is -2.24. The van der Waals surface area contributed by atoms with Crippen LogP contribution in [-0.2, 0) is 9.53 Å². The molecule has 1 saturated carbocycles. The third-order valence-electron chi connectivity index (χ3n) is 4.78. The maximum absolute atomic E-state index is 12.0. The Morgan fingerprint density at radius 2 is 1.79 bits per heavy atom. The van der Waals surface area contributed by atoms with Crippen molar-refractivity contribution in [1.29, 1.82) is 0 Å². The highest BCUT2D eigenvalue weighted by Gasteiger charge is 2.25. The molecular formula is C18H25N3O3. The number of hydrogen-bond acceptors (Lipinski definition) is 4. The Morgan fingerprint density at radius 1 is 1.12 bits per heavy atom. The van der Waals surface area contributed by atoms with E-state index >= 15 is 0 Å². The first-order chi connectivity index (χ1) is 11.7. The van der Waals surface area contributed by atoms with Crippen LogP contribution in [0.25, 0.3) is 0 Å². The van der Waals surface area contributed by atoms with Gasteiger partial charge in [-0.3, -0.25) is 4.79 Å². The van der Waals surface area contributed by atoms with E-state index < -0.39 is 0 Å². The molecule has 3 rings (SSSR count). The van der Waals surface area contributed by atoms with Crippen LogP contribution in [0.15, 0.2) is 24.3 Å². The highest BCUT2D eigenvalue weighted by atomic mass is 16.6. The van der Waals surface area contributed by atoms with Crippen molar-refractivity contribution in [3.8, 4) is 0 Å². The molecule has 0 aromatic heterocycles. The molecule has 0 atom stereocenters. The number of amides is 2. The van der Waals surface area contributed by atoms with E-state index in [2.05, 4.69) is 10.2 Å². The maximum atomic E-state index is 12.0. The summed E-state index contributed by atoms with van der Waals surface area (Å²) in [7, 11) is 0. The summed E-state index contributed by atoms with van der Waals surface area (Å²) in [4.78, 5) is 27.7. The third-order valence-corrected chi connectivity index (χ3v) is 4.78. The fourth-order valence-corrected chi connectivity index (χ4v) is 3.03. The number of nitrogens with zero attached hydrogens (tertiary/aromatic N) is 2. The van der Waals surface area contributed by atoms with E-state index in [1.165, 1.54) is 0 Å². The lowest BCUT2D eigenvalue weighted by Gasteiger charge is -2.35. The van der Waals surface area contributed by atoms with E-state index in [0.29, 0.717) is 19.7 Å². The Bertz CT molecular complexity index is 576. The lowest BCUT2D eigenvalue weighted by molar-refractivity contribution is -0.122. The predicted octanol–water partition coefficient (Wildman–Crippen LogP) is 2.70. The van der Waals surface area contributed by atoms with Crippen molar-refractivity contribution >= 4 is 23.4 Å². The summed E-state index contributed by atoms with van der Waals surface area (Å²) in [5.41, 5.74) is 1.96. The lowest BCUT2D eigenvalue weighted by Crippen LogP contribution is -2.49. The van der Waals surface area contributed by atoms with E-state index in [1.807, 2.05) is 31.2 Å². The first-order valence-corrected chi connectivity index (χ1v) is 8.75. The number of nitrogens with one attached hydrogen (secondary N) is 1. The Labute approximate surface area is 142 Å². The van der Waals surface area contributed by atoms with Gasteiger partial charge in [-0.05, 0) is 44.0 Å². The molecular weight excluding hydrogens is 306 g/mol. The van der Waals surface area contributed by atoms with Gasteiger partial charge in [0, 0.05) is 43.5 Å². The molecule has 1 N–H and O–H groups in total. The SMILES string of the molecule is CCOC(=O)N1CCN(c2ccc(NC(=O)C3CCC3)cc2)CC1. The van der Waals surface area contributed by atoms with E-state index in [9.17, 15) is 9.59 Å². The molecule has 2 amide bonds. The predicted molar refractivity (Wildman–Crippen MR) is 93.2 cm³/mol. The van der Waals surface area contributed by atoms with E-state index in [1.54, 1.807) is 4.90 Å². The maximum Gasteiger partial charge on any atom is 0.409 e. The number of carbonyl (C=O) groups is 2. The van der Waals surface area contributed by atoms with Gasteiger partial charge in [-0.15, -0.1) is 0 Å². The highest BCUT2D eigenvalue weighted by molar-refractivity contribution is 5.93. The van der Waals surface area contributed by atoms with Crippen molar-refractivity contribution in [3.05, 3.63) is 24.3 Å². The smallest absolute Gasteiger partial charge is 0.409 e. The third kappa shape index (κ3) is 3.80. The number of anilines is 2. The van der Waals surface area contributed by atoms with Crippen molar-refractivity contribution in [3.63, 3.8) is 0 Å². The van der Waals surface area contributed by atoms with Gasteiger partial charge < -0.3 is 19.9 Å². The van der Waals surface area contributed by atoms with Crippen molar-refractivity contribution < 1.29 is 14.3 Å². The van der Waals surface area contributed by atoms with Crippen LogP contribution >= 0.6 is 0 Å². The molecule has 1 aromatic rings. The second-order valence-electron chi connectivity index (χ2n) is 6.34. The zero-order chi connectivity index (χ0) is 16.9. The summed E-state index contributed by atoms with van der Waals surface area (Å²) < 4.78 is 5.04. The molecule has 2 aliphatic rings. The van der Waals surface area contributed by atoms with E-state index in [0.717, 1.165) is 43.7 Å². The summed E-state index contributed by atoms with van der Waals surface area (Å²) in [5.74, 6) is 0.331. The number of hydrogen-bond donors (Lipinski definition) is 1. The van der Waals surface area contributed by atoms with Gasteiger partial charge in [-0.25, -0.2) is 4.79 Å². The second-order valence-corrected chi connectivity index (χ2v) is 6.34. The first-order valence-electron chi connectivity index (χ1n) is 8.75. The second kappa shape index (κ2) is 7.55. The van der Waals surface area contributed by atoms with Gasteiger partial charge >= 0.3 is 6.09 Å². The minimum atomic E-state index is -0.230. The molecule has 2 fully saturated rings. The van der Waals surface area contributed by atoms with E-state index in [-0.39, 0.29) is 17.9 Å². The molecule has 6 heteroatoms. The largest absolute Gasteiger partial charge is 0.450 e. The fourth-order valence-electron chi connectivity index (χ4n) is 3.03. The van der Waals surface area contributed by atoms with Crippen LogP contribution in [0.4, 0.5) is 16.2 Å². The van der Waals surface area contributed by atoms with Crippen LogP contribution in [0.1, 0.15) is 26.2 Å². The topological polar surface area (TPSA) is 61.9 Å². The van der Waals surface area contributed by atoms with Gasteiger partial charge in [-0.2, -0.15) is 0 Å². The van der Waals surface area contributed by atoms with Crippen LogP contribution in [-0.4, -0.2) is 49.7 Å². The average Bonchev–Trinajstić information content (AvgIpc) is 2.54. The van der Waals surface area contributed by atoms with Crippen molar-refractivity contribution in [1.82, 2.24) is 4.90 Å². The standard InChI is InChI=1S/C18H25N3O3/c1-2-24-18(23)21-12-10-20(11-13-21)16-8-6-15(7-9-16)19-17(22)14-4-3-5-14/h6-9,14H,2-5,10-13H2,1H3,(H,19,22). The Morgan fingerprint density at radius 3 is 2.33 bits per heavy atom. The molecule has 24 heavy (non-hydrogen) atoms. The monoisotopic (exact) mass is 331 g/mol. The molecule has 0 unspecified atom stereocenters. The van der Waals surface area contributed by atoms with Crippen molar-refractivity contribution in [2.45, 2.75) is 26.2 Å². The van der Waals surface area contributed by atoms with Crippen molar-refractivity contribution in [2.24, 2.45) is 5.92 Å². The lowest BCUT2D eigenvalue weighted by atomic mass is 9.85. The summed E-state index contributed by atoms with van der Waals surface area (Å²) in [5, 5.41) is 2.98. The average molecular weight is 331 g/mol. The molecule has 1 aliphatic heterocycles. The quantitative estimate of drug-likeness (QED) is 0.921. The Balaban J connectivity index is 1.51. The number of ether oxygens (including phenoxy) is 1. The minimum Gasteiger partial charge on any atom is -0.450 e. The molecule has 0 bridgehead atoms. The molecule has 130 valence electrons. The van der Waals surface area contributed by atoms with Gasteiger partial charge in [0.05, 0.1) is 6.61 Å². The van der Waals surface area contributed by atoms with Crippen LogP contribution in [0.5, 0.6) is 0 Å². The summed E-state index contributed by atoms with van der Waals surface area (Å²) in [6, 6.07) is 7.94. The van der Waals surface area contributed by atoms with Gasteiger partial charge in [0.15, 0.2) is 0 Å². The summed E-state index contributed by atoms with van der Waals surface area (Å²) >= 11 is 0. The molecule has 1 aromatic carbocycles. The van der Waals surface area contributed by atoms with Crippen LogP contribution in [0.3, 0.4) is 0 Å². The zero-order valence-corrected chi connectivity index (χ0v) is 14.2. The molecule has 1 saturated heterocycles. The van der Waals surface area contributed by atoms with Crippen molar-refractivity contribution in [2.75, 3.05) is 43.0 Å².